The van der Waals surface area contributed by atoms with Gasteiger partial charge in [0.25, 0.3) is 0 Å². The van der Waals surface area contributed by atoms with Crippen LogP contribution >= 0.6 is 0 Å². The Morgan fingerprint density at radius 1 is 1.19 bits per heavy atom. The zero-order chi connectivity index (χ0) is 14.7. The molecule has 0 atom stereocenters. The number of amides is 1. The average Bonchev–Trinajstić information content (AvgIpc) is 2.84. The molecule has 3 heterocycles. The predicted molar refractivity (Wildman–Crippen MR) is 81.3 cm³/mol. The molecule has 1 fully saturated rings. The summed E-state index contributed by atoms with van der Waals surface area (Å²) in [5, 5.41) is 4.34. The van der Waals surface area contributed by atoms with Crippen LogP contribution in [0.25, 0.3) is 5.65 Å². The maximum absolute atomic E-state index is 12.0. The normalized spacial score (nSPS) is 16.2. The van der Waals surface area contributed by atoms with Crippen LogP contribution in [0.4, 0.5) is 5.82 Å². The zero-order valence-electron chi connectivity index (χ0n) is 12.4. The summed E-state index contributed by atoms with van der Waals surface area (Å²) < 4.78 is 1.86. The summed E-state index contributed by atoms with van der Waals surface area (Å²) in [4.78, 5) is 20.6. The minimum atomic E-state index is 0.276. The number of carbonyl (C=O) groups excluding carboxylic acids is 1. The van der Waals surface area contributed by atoms with Crippen molar-refractivity contribution in [3.05, 3.63) is 24.5 Å². The number of carbonyl (C=O) groups is 1. The molecule has 3 rings (SSSR count). The van der Waals surface area contributed by atoms with E-state index in [1.807, 2.05) is 34.7 Å². The molecule has 21 heavy (non-hydrogen) atoms. The van der Waals surface area contributed by atoms with E-state index in [1.54, 1.807) is 6.20 Å². The first-order valence-corrected chi connectivity index (χ1v) is 7.61. The maximum atomic E-state index is 12.0. The Morgan fingerprint density at radius 3 is 2.95 bits per heavy atom. The van der Waals surface area contributed by atoms with Crippen LogP contribution in [-0.4, -0.2) is 51.6 Å². The lowest BCUT2D eigenvalue weighted by molar-refractivity contribution is -0.131. The van der Waals surface area contributed by atoms with Crippen molar-refractivity contribution in [2.75, 3.05) is 31.1 Å². The van der Waals surface area contributed by atoms with E-state index in [9.17, 15) is 4.79 Å². The third kappa shape index (κ3) is 2.84. The molecule has 0 radical (unpaired) electrons. The highest BCUT2D eigenvalue weighted by Crippen LogP contribution is 2.17. The molecule has 1 aliphatic rings. The van der Waals surface area contributed by atoms with Gasteiger partial charge < -0.3 is 9.80 Å². The van der Waals surface area contributed by atoms with Gasteiger partial charge in [-0.1, -0.05) is 6.92 Å². The van der Waals surface area contributed by atoms with E-state index in [0.717, 1.165) is 50.5 Å². The Hall–Kier alpha value is -2.11. The molecule has 0 unspecified atom stereocenters. The summed E-state index contributed by atoms with van der Waals surface area (Å²) in [6.07, 6.45) is 6.13. The first-order valence-electron chi connectivity index (χ1n) is 7.61. The van der Waals surface area contributed by atoms with Gasteiger partial charge in [0.2, 0.25) is 5.91 Å². The van der Waals surface area contributed by atoms with E-state index in [4.69, 9.17) is 0 Å². The van der Waals surface area contributed by atoms with E-state index in [2.05, 4.69) is 15.0 Å². The van der Waals surface area contributed by atoms with Crippen molar-refractivity contribution in [3.8, 4) is 0 Å². The van der Waals surface area contributed by atoms with Gasteiger partial charge >= 0.3 is 0 Å². The van der Waals surface area contributed by atoms with Gasteiger partial charge in [-0.2, -0.15) is 9.61 Å². The lowest BCUT2D eigenvalue weighted by Crippen LogP contribution is -2.35. The van der Waals surface area contributed by atoms with Crippen molar-refractivity contribution < 1.29 is 4.79 Å². The summed E-state index contributed by atoms with van der Waals surface area (Å²) in [6, 6.07) is 3.89. The molecule has 0 bridgehead atoms. The van der Waals surface area contributed by atoms with Crippen molar-refractivity contribution in [1.82, 2.24) is 19.5 Å². The first kappa shape index (κ1) is 13.9. The molecule has 0 saturated carbocycles. The van der Waals surface area contributed by atoms with Crippen LogP contribution in [0, 0.1) is 0 Å². The molecule has 2 aromatic rings. The largest absolute Gasteiger partial charge is 0.355 e. The molecule has 6 nitrogen and oxygen atoms in total. The minimum absolute atomic E-state index is 0.276. The Morgan fingerprint density at radius 2 is 2.10 bits per heavy atom. The number of hydrogen-bond donors (Lipinski definition) is 0. The van der Waals surface area contributed by atoms with Crippen LogP contribution in [0.1, 0.15) is 26.2 Å². The van der Waals surface area contributed by atoms with Crippen LogP contribution in [0.3, 0.4) is 0 Å². The van der Waals surface area contributed by atoms with E-state index in [1.165, 1.54) is 0 Å². The van der Waals surface area contributed by atoms with Gasteiger partial charge in [0.15, 0.2) is 5.65 Å². The monoisotopic (exact) mass is 287 g/mol. The van der Waals surface area contributed by atoms with Crippen molar-refractivity contribution >= 4 is 17.4 Å². The van der Waals surface area contributed by atoms with Crippen LogP contribution in [-0.2, 0) is 4.79 Å². The first-order chi connectivity index (χ1) is 10.3. The van der Waals surface area contributed by atoms with E-state index < -0.39 is 0 Å². The molecule has 0 spiro atoms. The van der Waals surface area contributed by atoms with Crippen molar-refractivity contribution in [2.24, 2.45) is 0 Å². The summed E-state index contributed by atoms with van der Waals surface area (Å²) in [5.74, 6) is 1.33. The van der Waals surface area contributed by atoms with Crippen LogP contribution < -0.4 is 4.90 Å². The number of aromatic nitrogens is 3. The van der Waals surface area contributed by atoms with E-state index in [-0.39, 0.29) is 5.91 Å². The smallest absolute Gasteiger partial charge is 0.222 e. The van der Waals surface area contributed by atoms with Gasteiger partial charge in [0.1, 0.15) is 5.82 Å². The number of nitrogens with zero attached hydrogens (tertiary/aromatic N) is 5. The van der Waals surface area contributed by atoms with Gasteiger partial charge in [-0.25, -0.2) is 4.98 Å². The van der Waals surface area contributed by atoms with Crippen LogP contribution in [0.5, 0.6) is 0 Å². The maximum Gasteiger partial charge on any atom is 0.222 e. The average molecular weight is 287 g/mol. The van der Waals surface area contributed by atoms with E-state index in [0.29, 0.717) is 6.42 Å². The van der Waals surface area contributed by atoms with Crippen molar-refractivity contribution in [2.45, 2.75) is 26.2 Å². The van der Waals surface area contributed by atoms with Gasteiger partial charge in [0.05, 0.1) is 6.20 Å². The third-order valence-corrected chi connectivity index (χ3v) is 3.91. The molecular formula is C15H21N5O. The van der Waals surface area contributed by atoms with Gasteiger partial charge in [-0.15, -0.1) is 0 Å². The number of rotatable bonds is 3. The fourth-order valence-corrected chi connectivity index (χ4v) is 2.83. The molecule has 0 N–H and O–H groups in total. The SMILES string of the molecule is CCCC(=O)N1CCCN(c2ccnc3ccnn23)CC1. The second-order valence-electron chi connectivity index (χ2n) is 5.38. The minimum Gasteiger partial charge on any atom is -0.355 e. The standard InChI is InChI=1S/C15H21N5O/c1-2-4-15(21)19-10-3-9-18(11-12-19)14-6-7-16-13-5-8-17-20(13)14/h5-8H,2-4,9-12H2,1H3. The fourth-order valence-electron chi connectivity index (χ4n) is 2.83. The highest BCUT2D eigenvalue weighted by atomic mass is 16.2. The van der Waals surface area contributed by atoms with Crippen molar-refractivity contribution in [1.29, 1.82) is 0 Å². The van der Waals surface area contributed by atoms with E-state index >= 15 is 0 Å². The molecule has 1 amide bonds. The lowest BCUT2D eigenvalue weighted by Gasteiger charge is -2.23. The van der Waals surface area contributed by atoms with Crippen LogP contribution in [0.15, 0.2) is 24.5 Å². The number of fused-ring (bicyclic) bond motifs is 1. The molecule has 0 aliphatic carbocycles. The highest BCUT2D eigenvalue weighted by Gasteiger charge is 2.20. The molecule has 0 aromatic carbocycles. The Bertz CT molecular complexity index is 623. The summed E-state index contributed by atoms with van der Waals surface area (Å²) >= 11 is 0. The summed E-state index contributed by atoms with van der Waals surface area (Å²) in [6.45, 7) is 5.46. The van der Waals surface area contributed by atoms with Crippen LogP contribution in [0.2, 0.25) is 0 Å². The fraction of sp³-hybridized carbons (Fsp3) is 0.533. The molecular weight excluding hydrogens is 266 g/mol. The highest BCUT2D eigenvalue weighted by molar-refractivity contribution is 5.76. The second-order valence-corrected chi connectivity index (χ2v) is 5.38. The topological polar surface area (TPSA) is 53.7 Å². The Kier molecular flexibility index (Phi) is 4.03. The lowest BCUT2D eigenvalue weighted by atomic mass is 10.3. The Labute approximate surface area is 124 Å². The number of anilines is 1. The van der Waals surface area contributed by atoms with Gasteiger partial charge in [-0.3, -0.25) is 4.79 Å². The number of hydrogen-bond acceptors (Lipinski definition) is 4. The molecule has 1 aliphatic heterocycles. The molecule has 2 aromatic heterocycles. The molecule has 112 valence electrons. The second kappa shape index (κ2) is 6.11. The van der Waals surface area contributed by atoms with Crippen molar-refractivity contribution in [3.63, 3.8) is 0 Å². The Balaban J connectivity index is 1.76. The third-order valence-electron chi connectivity index (χ3n) is 3.91. The zero-order valence-corrected chi connectivity index (χ0v) is 12.4. The van der Waals surface area contributed by atoms with Gasteiger partial charge in [-0.05, 0) is 18.9 Å². The predicted octanol–water partition coefficient (Wildman–Crippen LogP) is 1.57. The molecule has 1 saturated heterocycles. The van der Waals surface area contributed by atoms with Gasteiger partial charge in [0, 0.05) is 44.9 Å². The quantitative estimate of drug-likeness (QED) is 0.860. The molecule has 6 heteroatoms. The summed E-state index contributed by atoms with van der Waals surface area (Å²) in [7, 11) is 0. The summed E-state index contributed by atoms with van der Waals surface area (Å²) in [5.41, 5.74) is 0.857.